The number of aromatic nitrogens is 2. The Morgan fingerprint density at radius 3 is 2.70 bits per heavy atom. The Bertz CT molecular complexity index is 669. The van der Waals surface area contributed by atoms with E-state index in [2.05, 4.69) is 15.1 Å². The molecule has 20 heavy (non-hydrogen) atoms. The van der Waals surface area contributed by atoms with Crippen molar-refractivity contribution < 1.29 is 5.21 Å². The van der Waals surface area contributed by atoms with Gasteiger partial charge in [0.25, 0.3) is 0 Å². The van der Waals surface area contributed by atoms with Crippen molar-refractivity contribution in [1.82, 2.24) is 9.97 Å². The predicted octanol–water partition coefficient (Wildman–Crippen LogP) is 2.62. The fourth-order valence-electron chi connectivity index (χ4n) is 2.54. The highest BCUT2D eigenvalue weighted by Gasteiger charge is 2.27. The molecular weight excluding hydrogens is 276 g/mol. The summed E-state index contributed by atoms with van der Waals surface area (Å²) < 4.78 is 0. The van der Waals surface area contributed by atoms with Crippen molar-refractivity contribution in [2.45, 2.75) is 18.8 Å². The smallest absolute Gasteiger partial charge is 0.220 e. The Kier molecular flexibility index (Phi) is 3.28. The first kappa shape index (κ1) is 12.9. The van der Waals surface area contributed by atoms with Crippen LogP contribution in [-0.2, 0) is 6.42 Å². The zero-order valence-corrected chi connectivity index (χ0v) is 11.4. The monoisotopic (exact) mass is 288 g/mol. The van der Waals surface area contributed by atoms with E-state index in [-0.39, 0.29) is 11.9 Å². The maximum absolute atomic E-state index is 9.20. The first-order valence-electron chi connectivity index (χ1n) is 6.25. The van der Waals surface area contributed by atoms with Crippen molar-refractivity contribution in [2.24, 2.45) is 5.16 Å². The first-order chi connectivity index (χ1) is 9.67. The van der Waals surface area contributed by atoms with Gasteiger partial charge in [0, 0.05) is 23.2 Å². The lowest BCUT2D eigenvalue weighted by atomic mass is 9.82. The van der Waals surface area contributed by atoms with Gasteiger partial charge in [0.15, 0.2) is 0 Å². The minimum atomic E-state index is 0.194. The van der Waals surface area contributed by atoms with E-state index in [0.717, 1.165) is 23.2 Å². The Morgan fingerprint density at radius 2 is 2.00 bits per heavy atom. The highest BCUT2D eigenvalue weighted by atomic mass is 35.5. The predicted molar refractivity (Wildman–Crippen MR) is 77.3 cm³/mol. The summed E-state index contributed by atoms with van der Waals surface area (Å²) in [5.41, 5.74) is 8.94. The second kappa shape index (κ2) is 5.09. The van der Waals surface area contributed by atoms with Crippen molar-refractivity contribution in [3.63, 3.8) is 0 Å². The lowest BCUT2D eigenvalue weighted by Crippen LogP contribution is -2.22. The van der Waals surface area contributed by atoms with Crippen LogP contribution >= 0.6 is 11.6 Å². The van der Waals surface area contributed by atoms with Crippen LogP contribution in [0.4, 0.5) is 5.95 Å². The molecule has 102 valence electrons. The van der Waals surface area contributed by atoms with Crippen LogP contribution in [0.1, 0.15) is 29.2 Å². The van der Waals surface area contributed by atoms with E-state index in [9.17, 15) is 5.21 Å². The summed E-state index contributed by atoms with van der Waals surface area (Å²) in [6.07, 6.45) is 2.99. The maximum atomic E-state index is 9.20. The summed E-state index contributed by atoms with van der Waals surface area (Å²) in [6.45, 7) is 0. The van der Waals surface area contributed by atoms with E-state index >= 15 is 0 Å². The van der Waals surface area contributed by atoms with Gasteiger partial charge in [-0.2, -0.15) is 0 Å². The summed E-state index contributed by atoms with van der Waals surface area (Å²) in [7, 11) is 0. The molecule has 0 saturated heterocycles. The summed E-state index contributed by atoms with van der Waals surface area (Å²) >= 11 is 5.91. The third-order valence-corrected chi connectivity index (χ3v) is 3.79. The van der Waals surface area contributed by atoms with Crippen LogP contribution in [0, 0.1) is 0 Å². The number of benzene rings is 1. The third kappa shape index (κ3) is 2.32. The van der Waals surface area contributed by atoms with Gasteiger partial charge in [0.1, 0.15) is 0 Å². The molecule has 0 amide bonds. The standard InChI is InChI=1S/C14H13ClN4O/c15-10-3-1-8(2-4-10)9-5-12-11(13(6-9)19-20)7-17-14(16)18-12/h1-4,7,9,20H,5-6H2,(H2,16,17,18)/b19-13-. The third-order valence-electron chi connectivity index (χ3n) is 3.54. The van der Waals surface area contributed by atoms with E-state index in [1.54, 1.807) is 6.20 Å². The zero-order valence-electron chi connectivity index (χ0n) is 10.6. The number of nitrogens with two attached hydrogens (primary N) is 1. The maximum Gasteiger partial charge on any atom is 0.220 e. The SMILES string of the molecule is Nc1ncc2c(n1)CC(c1ccc(Cl)cc1)C/C2=N/O. The van der Waals surface area contributed by atoms with Gasteiger partial charge in [-0.1, -0.05) is 28.9 Å². The minimum absolute atomic E-state index is 0.194. The first-order valence-corrected chi connectivity index (χ1v) is 6.63. The minimum Gasteiger partial charge on any atom is -0.411 e. The second-order valence-electron chi connectivity index (χ2n) is 4.79. The molecule has 2 aromatic rings. The van der Waals surface area contributed by atoms with Gasteiger partial charge >= 0.3 is 0 Å². The van der Waals surface area contributed by atoms with Crippen molar-refractivity contribution in [3.8, 4) is 0 Å². The van der Waals surface area contributed by atoms with Crippen LogP contribution in [0.3, 0.4) is 0 Å². The largest absolute Gasteiger partial charge is 0.411 e. The molecule has 1 aromatic heterocycles. The number of rotatable bonds is 1. The van der Waals surface area contributed by atoms with Crippen LogP contribution in [-0.4, -0.2) is 20.9 Å². The van der Waals surface area contributed by atoms with Crippen LogP contribution in [0.15, 0.2) is 35.6 Å². The molecule has 1 atom stereocenters. The molecule has 1 aliphatic carbocycles. The van der Waals surface area contributed by atoms with Crippen molar-refractivity contribution in [2.75, 3.05) is 5.73 Å². The van der Waals surface area contributed by atoms with Crippen LogP contribution in [0.5, 0.6) is 0 Å². The molecule has 3 rings (SSSR count). The van der Waals surface area contributed by atoms with Gasteiger partial charge in [0.2, 0.25) is 5.95 Å². The van der Waals surface area contributed by atoms with Gasteiger partial charge in [-0.15, -0.1) is 0 Å². The molecule has 0 aliphatic heterocycles. The van der Waals surface area contributed by atoms with E-state index in [1.165, 1.54) is 0 Å². The molecular formula is C14H13ClN4O. The number of oxime groups is 1. The van der Waals surface area contributed by atoms with Crippen LogP contribution in [0.25, 0.3) is 0 Å². The number of halogens is 1. The number of anilines is 1. The Balaban J connectivity index is 2.00. The average molecular weight is 289 g/mol. The molecule has 0 saturated carbocycles. The molecule has 1 aromatic carbocycles. The van der Waals surface area contributed by atoms with Crippen molar-refractivity contribution in [3.05, 3.63) is 52.3 Å². The Labute approximate surface area is 121 Å². The lowest BCUT2D eigenvalue weighted by Gasteiger charge is -2.24. The quantitative estimate of drug-likeness (QED) is 0.624. The normalized spacial score (nSPS) is 19.9. The fraction of sp³-hybridized carbons (Fsp3) is 0.214. The highest BCUT2D eigenvalue weighted by Crippen LogP contribution is 2.32. The Hall–Kier alpha value is -2.14. The van der Waals surface area contributed by atoms with E-state index in [1.807, 2.05) is 24.3 Å². The number of fused-ring (bicyclic) bond motifs is 1. The van der Waals surface area contributed by atoms with E-state index in [4.69, 9.17) is 17.3 Å². The molecule has 0 bridgehead atoms. The molecule has 6 heteroatoms. The average Bonchev–Trinajstić information content (AvgIpc) is 2.46. The number of hydrogen-bond acceptors (Lipinski definition) is 5. The summed E-state index contributed by atoms with van der Waals surface area (Å²) in [6, 6.07) is 7.68. The second-order valence-corrected chi connectivity index (χ2v) is 5.23. The number of nitrogen functional groups attached to an aromatic ring is 1. The number of hydrogen-bond donors (Lipinski definition) is 2. The van der Waals surface area contributed by atoms with Crippen LogP contribution < -0.4 is 5.73 Å². The van der Waals surface area contributed by atoms with Gasteiger partial charge in [-0.25, -0.2) is 9.97 Å². The molecule has 0 fully saturated rings. The molecule has 1 unspecified atom stereocenters. The van der Waals surface area contributed by atoms with E-state index in [0.29, 0.717) is 17.2 Å². The van der Waals surface area contributed by atoms with Gasteiger partial charge in [-0.05, 0) is 30.0 Å². The summed E-state index contributed by atoms with van der Waals surface area (Å²) in [5, 5.41) is 13.3. The highest BCUT2D eigenvalue weighted by molar-refractivity contribution is 6.30. The van der Waals surface area contributed by atoms with Gasteiger partial charge in [-0.3, -0.25) is 0 Å². The Morgan fingerprint density at radius 1 is 1.25 bits per heavy atom. The molecule has 3 N–H and O–H groups in total. The summed E-state index contributed by atoms with van der Waals surface area (Å²) in [5.74, 6) is 0.428. The molecule has 1 aliphatic rings. The van der Waals surface area contributed by atoms with Gasteiger partial charge in [0.05, 0.1) is 11.4 Å². The van der Waals surface area contributed by atoms with Gasteiger partial charge < -0.3 is 10.9 Å². The summed E-state index contributed by atoms with van der Waals surface area (Å²) in [4.78, 5) is 8.21. The number of nitrogens with zero attached hydrogens (tertiary/aromatic N) is 3. The van der Waals surface area contributed by atoms with Crippen molar-refractivity contribution >= 4 is 23.3 Å². The fourth-order valence-corrected chi connectivity index (χ4v) is 2.67. The zero-order chi connectivity index (χ0) is 14.1. The molecule has 0 radical (unpaired) electrons. The molecule has 0 spiro atoms. The topological polar surface area (TPSA) is 84.4 Å². The lowest BCUT2D eigenvalue weighted by molar-refractivity contribution is 0.316. The van der Waals surface area contributed by atoms with E-state index < -0.39 is 0 Å². The van der Waals surface area contributed by atoms with Crippen LogP contribution in [0.2, 0.25) is 5.02 Å². The molecule has 1 heterocycles. The van der Waals surface area contributed by atoms with Crippen molar-refractivity contribution in [1.29, 1.82) is 0 Å². The molecule has 5 nitrogen and oxygen atoms in total.